The lowest BCUT2D eigenvalue weighted by atomic mass is 10.1. The van der Waals surface area contributed by atoms with Gasteiger partial charge in [0.05, 0.1) is 10.6 Å². The Kier molecular flexibility index (Phi) is 5.76. The average molecular weight is 328 g/mol. The normalized spacial score (nSPS) is 10.9. The Labute approximate surface area is 139 Å². The highest BCUT2D eigenvalue weighted by molar-refractivity contribution is 7.80. The minimum Gasteiger partial charge on any atom is -0.357 e. The Morgan fingerprint density at radius 2 is 1.96 bits per heavy atom. The molecule has 0 radical (unpaired) electrons. The van der Waals surface area contributed by atoms with E-state index in [1.54, 1.807) is 19.1 Å². The van der Waals surface area contributed by atoms with Crippen molar-refractivity contribution in [2.24, 2.45) is 5.10 Å². The van der Waals surface area contributed by atoms with Crippen LogP contribution in [0, 0.1) is 10.1 Å². The molecule has 0 saturated carbocycles. The zero-order valence-electron chi connectivity index (χ0n) is 12.5. The van der Waals surface area contributed by atoms with Crippen LogP contribution in [0.25, 0.3) is 0 Å². The summed E-state index contributed by atoms with van der Waals surface area (Å²) in [6.07, 6.45) is 0. The van der Waals surface area contributed by atoms with Crippen LogP contribution in [0.3, 0.4) is 0 Å². The number of rotatable bonds is 5. The Balaban J connectivity index is 1.92. The number of benzene rings is 2. The van der Waals surface area contributed by atoms with Gasteiger partial charge in [0, 0.05) is 24.2 Å². The van der Waals surface area contributed by atoms with Crippen LogP contribution in [0.1, 0.15) is 18.1 Å². The second-order valence-electron chi connectivity index (χ2n) is 4.78. The largest absolute Gasteiger partial charge is 0.357 e. The second kappa shape index (κ2) is 8.00. The van der Waals surface area contributed by atoms with E-state index < -0.39 is 4.92 Å². The van der Waals surface area contributed by atoms with Crippen LogP contribution in [0.15, 0.2) is 59.7 Å². The van der Waals surface area contributed by atoms with Crippen LogP contribution >= 0.6 is 12.2 Å². The van der Waals surface area contributed by atoms with Gasteiger partial charge in [-0.1, -0.05) is 42.5 Å². The molecule has 0 aliphatic heterocycles. The molecule has 0 heterocycles. The Bertz CT molecular complexity index is 732. The zero-order valence-corrected chi connectivity index (χ0v) is 13.3. The van der Waals surface area contributed by atoms with E-state index in [9.17, 15) is 10.1 Å². The van der Waals surface area contributed by atoms with E-state index in [0.717, 1.165) is 5.56 Å². The maximum atomic E-state index is 10.8. The molecule has 0 amide bonds. The smallest absolute Gasteiger partial charge is 0.270 e. The number of hydrogen-bond acceptors (Lipinski definition) is 4. The minimum atomic E-state index is -0.434. The predicted octanol–water partition coefficient (Wildman–Crippen LogP) is 2.98. The third-order valence-corrected chi connectivity index (χ3v) is 3.33. The highest BCUT2D eigenvalue weighted by atomic mass is 32.1. The van der Waals surface area contributed by atoms with Crippen molar-refractivity contribution in [2.75, 3.05) is 0 Å². The molecule has 0 unspecified atom stereocenters. The lowest BCUT2D eigenvalue weighted by molar-refractivity contribution is -0.384. The van der Waals surface area contributed by atoms with E-state index in [2.05, 4.69) is 15.8 Å². The van der Waals surface area contributed by atoms with Crippen molar-refractivity contribution < 1.29 is 4.92 Å². The first-order valence-corrected chi connectivity index (χ1v) is 7.34. The van der Waals surface area contributed by atoms with Gasteiger partial charge in [-0.05, 0) is 24.7 Å². The molecule has 6 nitrogen and oxygen atoms in total. The molecule has 0 bridgehead atoms. The van der Waals surface area contributed by atoms with Crippen LogP contribution in [0.4, 0.5) is 5.69 Å². The van der Waals surface area contributed by atoms with Crippen LogP contribution < -0.4 is 10.7 Å². The molecule has 118 valence electrons. The number of thiocarbonyl (C=S) groups is 1. The summed E-state index contributed by atoms with van der Waals surface area (Å²) >= 11 is 5.15. The monoisotopic (exact) mass is 328 g/mol. The lowest BCUT2D eigenvalue weighted by Crippen LogP contribution is -2.32. The first kappa shape index (κ1) is 16.6. The summed E-state index contributed by atoms with van der Waals surface area (Å²) in [5, 5.41) is 18.4. The van der Waals surface area contributed by atoms with Gasteiger partial charge in [0.2, 0.25) is 0 Å². The quantitative estimate of drug-likeness (QED) is 0.382. The van der Waals surface area contributed by atoms with Crippen LogP contribution in [-0.4, -0.2) is 15.7 Å². The van der Waals surface area contributed by atoms with Gasteiger partial charge in [0.25, 0.3) is 5.69 Å². The van der Waals surface area contributed by atoms with Gasteiger partial charge < -0.3 is 5.32 Å². The standard InChI is InChI=1S/C16H16N4O2S/c1-12(14-8-5-9-15(10-14)20(21)22)18-19-16(23)17-11-13-6-3-2-4-7-13/h2-10H,11H2,1H3,(H2,17,19,23). The predicted molar refractivity (Wildman–Crippen MR) is 94.3 cm³/mol. The first-order valence-electron chi connectivity index (χ1n) is 6.93. The second-order valence-corrected chi connectivity index (χ2v) is 5.19. The molecule has 0 aliphatic rings. The van der Waals surface area contributed by atoms with Gasteiger partial charge >= 0.3 is 0 Å². The molecular weight excluding hydrogens is 312 g/mol. The van der Waals surface area contributed by atoms with Crippen LogP contribution in [-0.2, 0) is 6.54 Å². The number of hydrazone groups is 1. The van der Waals surface area contributed by atoms with E-state index in [1.165, 1.54) is 12.1 Å². The lowest BCUT2D eigenvalue weighted by Gasteiger charge is -2.08. The topological polar surface area (TPSA) is 79.6 Å². The third-order valence-electron chi connectivity index (χ3n) is 3.10. The summed E-state index contributed by atoms with van der Waals surface area (Å²) < 4.78 is 0. The van der Waals surface area contributed by atoms with Gasteiger partial charge in [-0.2, -0.15) is 5.10 Å². The van der Waals surface area contributed by atoms with Gasteiger partial charge in [0.1, 0.15) is 0 Å². The molecule has 2 rings (SSSR count). The fraction of sp³-hybridized carbons (Fsp3) is 0.125. The zero-order chi connectivity index (χ0) is 16.7. The maximum Gasteiger partial charge on any atom is 0.270 e. The molecule has 0 aromatic heterocycles. The highest BCUT2D eigenvalue weighted by Crippen LogP contribution is 2.13. The Morgan fingerprint density at radius 1 is 1.22 bits per heavy atom. The Hall–Kier alpha value is -2.80. The summed E-state index contributed by atoms with van der Waals surface area (Å²) in [6.45, 7) is 2.35. The summed E-state index contributed by atoms with van der Waals surface area (Å²) in [6, 6.07) is 16.1. The van der Waals surface area contributed by atoms with Crippen molar-refractivity contribution in [3.8, 4) is 0 Å². The van der Waals surface area contributed by atoms with E-state index in [-0.39, 0.29) is 5.69 Å². The Morgan fingerprint density at radius 3 is 2.65 bits per heavy atom. The SMILES string of the molecule is CC(=NNC(=S)NCc1ccccc1)c1cccc([N+](=O)[O-])c1. The van der Waals surface area contributed by atoms with Crippen molar-refractivity contribution in [3.63, 3.8) is 0 Å². The molecule has 2 aromatic carbocycles. The van der Waals surface area contributed by atoms with Gasteiger partial charge in [-0.25, -0.2) is 0 Å². The average Bonchev–Trinajstić information content (AvgIpc) is 2.58. The molecule has 7 heteroatoms. The fourth-order valence-electron chi connectivity index (χ4n) is 1.86. The molecule has 23 heavy (non-hydrogen) atoms. The molecule has 0 saturated heterocycles. The van der Waals surface area contributed by atoms with Crippen LogP contribution in [0.5, 0.6) is 0 Å². The molecule has 0 fully saturated rings. The van der Waals surface area contributed by atoms with Crippen molar-refractivity contribution in [1.29, 1.82) is 0 Å². The molecule has 2 aromatic rings. The molecular formula is C16H16N4O2S. The van der Waals surface area contributed by atoms with E-state index >= 15 is 0 Å². The van der Waals surface area contributed by atoms with Gasteiger partial charge in [-0.15, -0.1) is 0 Å². The molecule has 2 N–H and O–H groups in total. The van der Waals surface area contributed by atoms with Crippen molar-refractivity contribution in [2.45, 2.75) is 13.5 Å². The summed E-state index contributed by atoms with van der Waals surface area (Å²) in [5.74, 6) is 0. The number of nitro groups is 1. The number of hydrogen-bond donors (Lipinski definition) is 2. The first-order chi connectivity index (χ1) is 11.1. The van der Waals surface area contributed by atoms with Crippen molar-refractivity contribution >= 4 is 28.7 Å². The van der Waals surface area contributed by atoms with E-state index in [0.29, 0.717) is 22.9 Å². The number of non-ortho nitro benzene ring substituents is 1. The summed E-state index contributed by atoms with van der Waals surface area (Å²) in [7, 11) is 0. The summed E-state index contributed by atoms with van der Waals surface area (Å²) in [4.78, 5) is 10.3. The molecule has 0 atom stereocenters. The number of nitrogens with one attached hydrogen (secondary N) is 2. The molecule has 0 spiro atoms. The molecule has 0 aliphatic carbocycles. The van der Waals surface area contributed by atoms with Crippen molar-refractivity contribution in [3.05, 3.63) is 75.8 Å². The maximum absolute atomic E-state index is 10.8. The van der Waals surface area contributed by atoms with Crippen LogP contribution in [0.2, 0.25) is 0 Å². The van der Waals surface area contributed by atoms with E-state index in [4.69, 9.17) is 12.2 Å². The third kappa shape index (κ3) is 5.15. The highest BCUT2D eigenvalue weighted by Gasteiger charge is 2.07. The number of nitrogens with zero attached hydrogens (tertiary/aromatic N) is 2. The van der Waals surface area contributed by atoms with E-state index in [1.807, 2.05) is 30.3 Å². The minimum absolute atomic E-state index is 0.0295. The van der Waals surface area contributed by atoms with Gasteiger partial charge in [-0.3, -0.25) is 15.5 Å². The van der Waals surface area contributed by atoms with Crippen molar-refractivity contribution in [1.82, 2.24) is 10.7 Å². The fourth-order valence-corrected chi connectivity index (χ4v) is 1.98. The number of nitro benzene ring substituents is 1. The van der Waals surface area contributed by atoms with Gasteiger partial charge in [0.15, 0.2) is 5.11 Å². The summed E-state index contributed by atoms with van der Waals surface area (Å²) in [5.41, 5.74) is 5.15.